The Morgan fingerprint density at radius 1 is 1.17 bits per heavy atom. The van der Waals surface area contributed by atoms with Crippen molar-refractivity contribution < 1.29 is 9.90 Å². The van der Waals surface area contributed by atoms with Gasteiger partial charge >= 0.3 is 5.97 Å². The first-order valence-corrected chi connectivity index (χ1v) is 6.68. The molecule has 94 valence electrons. The molecule has 0 unspecified atom stereocenters. The van der Waals surface area contributed by atoms with E-state index in [0.29, 0.717) is 0 Å². The average molecular weight is 261 g/mol. The van der Waals surface area contributed by atoms with Crippen molar-refractivity contribution in [2.24, 2.45) is 0 Å². The lowest BCUT2D eigenvalue weighted by Crippen LogP contribution is -2.31. The summed E-state index contributed by atoms with van der Waals surface area (Å²) in [5.41, 5.74) is 0.955. The van der Waals surface area contributed by atoms with Crippen LogP contribution in [0.3, 0.4) is 0 Å². The van der Waals surface area contributed by atoms with Gasteiger partial charge in [-0.2, -0.15) is 0 Å². The second-order valence-electron chi connectivity index (χ2n) is 3.98. The third-order valence-electron chi connectivity index (χ3n) is 2.66. The lowest BCUT2D eigenvalue weighted by molar-refractivity contribution is -0.135. The van der Waals surface area contributed by atoms with Gasteiger partial charge in [-0.05, 0) is 30.0 Å². The van der Waals surface area contributed by atoms with Gasteiger partial charge in [-0.25, -0.2) is 0 Å². The number of hydrogen-bond acceptors (Lipinski definition) is 3. The van der Waals surface area contributed by atoms with Crippen molar-refractivity contribution in [2.45, 2.75) is 6.42 Å². The highest BCUT2D eigenvalue weighted by Crippen LogP contribution is 2.15. The van der Waals surface area contributed by atoms with E-state index in [0.717, 1.165) is 18.7 Å². The fraction of sp³-hybridized carbons (Fsp3) is 0.214. The van der Waals surface area contributed by atoms with Crippen molar-refractivity contribution in [1.82, 2.24) is 0 Å². The molecule has 1 aromatic heterocycles. The molecule has 0 aliphatic rings. The molecule has 4 heteroatoms. The van der Waals surface area contributed by atoms with Crippen molar-refractivity contribution >= 4 is 23.0 Å². The normalized spacial score (nSPS) is 10.2. The Balaban J connectivity index is 2.03. The molecule has 0 atom stereocenters. The van der Waals surface area contributed by atoms with E-state index in [2.05, 4.69) is 6.07 Å². The summed E-state index contributed by atoms with van der Waals surface area (Å²) in [6.07, 6.45) is 0.875. The van der Waals surface area contributed by atoms with Gasteiger partial charge in [-0.3, -0.25) is 4.79 Å². The Hall–Kier alpha value is -1.81. The van der Waals surface area contributed by atoms with Gasteiger partial charge in [0.1, 0.15) is 6.54 Å². The summed E-state index contributed by atoms with van der Waals surface area (Å²) in [7, 11) is 0. The Bertz CT molecular complexity index is 482. The quantitative estimate of drug-likeness (QED) is 0.869. The lowest BCUT2D eigenvalue weighted by Gasteiger charge is -2.22. The number of para-hydroxylation sites is 1. The molecule has 1 heterocycles. The zero-order valence-corrected chi connectivity index (χ0v) is 10.8. The van der Waals surface area contributed by atoms with Gasteiger partial charge in [-0.1, -0.05) is 24.3 Å². The SMILES string of the molecule is O=C(O)CN(CCc1cccs1)c1ccccc1. The summed E-state index contributed by atoms with van der Waals surface area (Å²) in [4.78, 5) is 14.1. The van der Waals surface area contributed by atoms with E-state index in [4.69, 9.17) is 5.11 Å². The van der Waals surface area contributed by atoms with E-state index in [-0.39, 0.29) is 6.54 Å². The van der Waals surface area contributed by atoms with Crippen molar-refractivity contribution in [1.29, 1.82) is 0 Å². The molecule has 18 heavy (non-hydrogen) atoms. The summed E-state index contributed by atoms with van der Waals surface area (Å²) in [6, 6.07) is 13.8. The first-order chi connectivity index (χ1) is 8.75. The maximum atomic E-state index is 10.9. The summed E-state index contributed by atoms with van der Waals surface area (Å²) in [5.74, 6) is -0.801. The number of hydrogen-bond donors (Lipinski definition) is 1. The second kappa shape index (κ2) is 6.21. The predicted octanol–water partition coefficient (Wildman–Crippen LogP) is 2.88. The van der Waals surface area contributed by atoms with Gasteiger partial charge in [0.05, 0.1) is 0 Å². The molecule has 0 aliphatic carbocycles. The number of benzene rings is 1. The molecule has 0 saturated carbocycles. The summed E-state index contributed by atoms with van der Waals surface area (Å²) in [6.45, 7) is 0.756. The third kappa shape index (κ3) is 3.60. The molecule has 0 fully saturated rings. The highest BCUT2D eigenvalue weighted by Gasteiger charge is 2.10. The maximum absolute atomic E-state index is 10.9. The van der Waals surface area contributed by atoms with Gasteiger partial charge in [0, 0.05) is 17.1 Å². The number of aliphatic carboxylic acids is 1. The van der Waals surface area contributed by atoms with Crippen molar-refractivity contribution in [3.05, 3.63) is 52.7 Å². The van der Waals surface area contributed by atoms with Gasteiger partial charge < -0.3 is 10.0 Å². The first-order valence-electron chi connectivity index (χ1n) is 5.80. The maximum Gasteiger partial charge on any atom is 0.323 e. The van der Waals surface area contributed by atoms with Crippen molar-refractivity contribution in [2.75, 3.05) is 18.0 Å². The third-order valence-corrected chi connectivity index (χ3v) is 3.59. The highest BCUT2D eigenvalue weighted by atomic mass is 32.1. The van der Waals surface area contributed by atoms with E-state index in [1.165, 1.54) is 4.88 Å². The average Bonchev–Trinajstić information content (AvgIpc) is 2.88. The highest BCUT2D eigenvalue weighted by molar-refractivity contribution is 7.09. The van der Waals surface area contributed by atoms with Crippen LogP contribution in [-0.4, -0.2) is 24.2 Å². The van der Waals surface area contributed by atoms with Gasteiger partial charge in [0.25, 0.3) is 0 Å². The number of carbonyl (C=O) groups is 1. The number of rotatable bonds is 6. The Kier molecular flexibility index (Phi) is 4.36. The fourth-order valence-electron chi connectivity index (χ4n) is 1.80. The predicted molar refractivity (Wildman–Crippen MR) is 74.3 cm³/mol. The standard InChI is InChI=1S/C14H15NO2S/c16-14(17)11-15(12-5-2-1-3-6-12)9-8-13-7-4-10-18-13/h1-7,10H,8-9,11H2,(H,16,17). The molecule has 0 aliphatic heterocycles. The van der Waals surface area contributed by atoms with Crippen LogP contribution in [-0.2, 0) is 11.2 Å². The fourth-order valence-corrected chi connectivity index (χ4v) is 2.50. The molecule has 0 amide bonds. The topological polar surface area (TPSA) is 40.5 Å². The molecule has 1 N–H and O–H groups in total. The van der Waals surface area contributed by atoms with E-state index < -0.39 is 5.97 Å². The van der Waals surface area contributed by atoms with Crippen molar-refractivity contribution in [3.8, 4) is 0 Å². The summed E-state index contributed by atoms with van der Waals surface area (Å²) in [5, 5.41) is 11.0. The molecule has 0 saturated heterocycles. The van der Waals surface area contributed by atoms with Crippen LogP contribution < -0.4 is 4.90 Å². The number of anilines is 1. The molecular weight excluding hydrogens is 246 g/mol. The number of carboxylic acids is 1. The molecule has 2 aromatic rings. The number of nitrogens with zero attached hydrogens (tertiary/aromatic N) is 1. The van der Waals surface area contributed by atoms with Crippen molar-refractivity contribution in [3.63, 3.8) is 0 Å². The van der Waals surface area contributed by atoms with Crippen LogP contribution in [0.1, 0.15) is 4.88 Å². The van der Waals surface area contributed by atoms with Crippen LogP contribution in [0.2, 0.25) is 0 Å². The summed E-state index contributed by atoms with van der Waals surface area (Å²) < 4.78 is 0. The zero-order valence-electron chi connectivity index (χ0n) is 9.95. The van der Waals surface area contributed by atoms with Gasteiger partial charge in [0.15, 0.2) is 0 Å². The molecule has 3 nitrogen and oxygen atoms in total. The number of thiophene rings is 1. The zero-order chi connectivity index (χ0) is 12.8. The molecule has 0 radical (unpaired) electrons. The monoisotopic (exact) mass is 261 g/mol. The molecule has 0 bridgehead atoms. The van der Waals surface area contributed by atoms with Crippen LogP contribution in [0, 0.1) is 0 Å². The van der Waals surface area contributed by atoms with Crippen LogP contribution in [0.25, 0.3) is 0 Å². The molecule has 2 rings (SSSR count). The minimum Gasteiger partial charge on any atom is -0.480 e. The van der Waals surface area contributed by atoms with Crippen LogP contribution in [0.5, 0.6) is 0 Å². The minimum atomic E-state index is -0.801. The van der Waals surface area contributed by atoms with E-state index >= 15 is 0 Å². The smallest absolute Gasteiger partial charge is 0.323 e. The van der Waals surface area contributed by atoms with E-state index in [1.54, 1.807) is 11.3 Å². The Labute approximate surface area is 110 Å². The van der Waals surface area contributed by atoms with E-state index in [1.807, 2.05) is 46.7 Å². The minimum absolute atomic E-state index is 0.0371. The Morgan fingerprint density at radius 2 is 1.94 bits per heavy atom. The molecule has 1 aromatic carbocycles. The lowest BCUT2D eigenvalue weighted by atomic mass is 10.2. The Morgan fingerprint density at radius 3 is 2.56 bits per heavy atom. The van der Waals surface area contributed by atoms with Crippen LogP contribution in [0.15, 0.2) is 47.8 Å². The number of carboxylic acid groups (broad SMARTS) is 1. The largest absolute Gasteiger partial charge is 0.480 e. The first kappa shape index (κ1) is 12.6. The van der Waals surface area contributed by atoms with E-state index in [9.17, 15) is 4.79 Å². The molecular formula is C14H15NO2S. The molecule has 0 spiro atoms. The van der Waals surface area contributed by atoms with Crippen LogP contribution in [0.4, 0.5) is 5.69 Å². The van der Waals surface area contributed by atoms with Gasteiger partial charge in [-0.15, -0.1) is 11.3 Å². The summed E-state index contributed by atoms with van der Waals surface area (Å²) >= 11 is 1.70. The van der Waals surface area contributed by atoms with Crippen LogP contribution >= 0.6 is 11.3 Å². The second-order valence-corrected chi connectivity index (χ2v) is 5.01. The van der Waals surface area contributed by atoms with Gasteiger partial charge in [0.2, 0.25) is 0 Å².